The first-order chi connectivity index (χ1) is 8.09. The van der Waals surface area contributed by atoms with Crippen molar-refractivity contribution in [1.29, 1.82) is 0 Å². The number of carbonyl (C=O) groups excluding carboxylic acids is 1. The molecule has 1 atom stereocenters. The van der Waals surface area contributed by atoms with Crippen molar-refractivity contribution in [3.8, 4) is 0 Å². The molecule has 0 amide bonds. The van der Waals surface area contributed by atoms with Crippen LogP contribution in [0.1, 0.15) is 27.9 Å². The summed E-state index contributed by atoms with van der Waals surface area (Å²) in [7, 11) is 0. The van der Waals surface area contributed by atoms with Crippen LogP contribution in [0, 0.1) is 13.8 Å². The molecule has 0 aliphatic carbocycles. The third-order valence-corrected chi connectivity index (χ3v) is 2.53. The Bertz CT molecular complexity index is 534. The Kier molecular flexibility index (Phi) is 3.04. The molecule has 1 aromatic heterocycles. The molecule has 0 N–H and O–H groups in total. The lowest BCUT2D eigenvalue weighted by Gasteiger charge is -2.08. The summed E-state index contributed by atoms with van der Waals surface area (Å²) in [6.07, 6.45) is -1.67. The summed E-state index contributed by atoms with van der Waals surface area (Å²) in [6.45, 7) is 3.50. The van der Waals surface area contributed by atoms with Crippen LogP contribution in [-0.4, -0.2) is 15.7 Å². The molecule has 4 heteroatoms. The maximum Gasteiger partial charge on any atom is 0.286 e. The number of benzene rings is 1. The highest BCUT2D eigenvalue weighted by molar-refractivity contribution is 5.84. The van der Waals surface area contributed by atoms with Gasteiger partial charge in [0, 0.05) is 5.69 Å². The van der Waals surface area contributed by atoms with Crippen LogP contribution in [0.25, 0.3) is 0 Å². The topological polar surface area (TPSA) is 34.9 Å². The number of aromatic nitrogens is 2. The summed E-state index contributed by atoms with van der Waals surface area (Å²) in [5.41, 5.74) is 1.70. The van der Waals surface area contributed by atoms with E-state index in [-0.39, 0.29) is 0 Å². The van der Waals surface area contributed by atoms with E-state index >= 15 is 0 Å². The van der Waals surface area contributed by atoms with Gasteiger partial charge in [-0.05, 0) is 25.5 Å². The van der Waals surface area contributed by atoms with E-state index in [9.17, 15) is 9.18 Å². The van der Waals surface area contributed by atoms with Crippen LogP contribution in [0.2, 0.25) is 0 Å². The molecule has 3 nitrogen and oxygen atoms in total. The van der Waals surface area contributed by atoms with Crippen LogP contribution in [-0.2, 0) is 0 Å². The zero-order valence-electron chi connectivity index (χ0n) is 9.72. The first-order valence-corrected chi connectivity index (χ1v) is 5.36. The lowest BCUT2D eigenvalue weighted by Crippen LogP contribution is -2.19. The van der Waals surface area contributed by atoms with Gasteiger partial charge in [-0.2, -0.15) is 5.10 Å². The van der Waals surface area contributed by atoms with Crippen LogP contribution < -0.4 is 0 Å². The van der Waals surface area contributed by atoms with Crippen LogP contribution >= 0.6 is 0 Å². The van der Waals surface area contributed by atoms with Crippen molar-refractivity contribution in [2.75, 3.05) is 0 Å². The second kappa shape index (κ2) is 4.49. The zero-order chi connectivity index (χ0) is 12.4. The Morgan fingerprint density at radius 1 is 1.29 bits per heavy atom. The van der Waals surface area contributed by atoms with Gasteiger partial charge in [0.1, 0.15) is 0 Å². The van der Waals surface area contributed by atoms with Gasteiger partial charge >= 0.3 is 0 Å². The van der Waals surface area contributed by atoms with E-state index in [0.717, 1.165) is 4.68 Å². The minimum absolute atomic E-state index is 0.352. The number of aryl methyl sites for hydroxylation is 2. The normalized spacial score (nSPS) is 12.4. The standard InChI is InChI=1S/C13H13FN2O/c1-9-8-10(2)16(15-9)13(17)12(14)11-6-4-3-5-7-11/h3-8,12H,1-2H3/t12-/m0/s1. The number of carbonyl (C=O) groups is 1. The number of alkyl halides is 1. The van der Waals surface area contributed by atoms with Gasteiger partial charge in [0.05, 0.1) is 5.69 Å². The molecule has 88 valence electrons. The lowest BCUT2D eigenvalue weighted by molar-refractivity contribution is 0.0769. The average molecular weight is 232 g/mol. The van der Waals surface area contributed by atoms with Gasteiger partial charge in [0.25, 0.3) is 5.91 Å². The molecule has 0 unspecified atom stereocenters. The summed E-state index contributed by atoms with van der Waals surface area (Å²) >= 11 is 0. The predicted molar refractivity (Wildman–Crippen MR) is 62.6 cm³/mol. The van der Waals surface area contributed by atoms with Gasteiger partial charge in [0.15, 0.2) is 0 Å². The molecule has 0 aliphatic heterocycles. The first kappa shape index (κ1) is 11.5. The fourth-order valence-corrected chi connectivity index (χ4v) is 1.72. The molecule has 2 aromatic rings. The van der Waals surface area contributed by atoms with Crippen molar-refractivity contribution in [3.63, 3.8) is 0 Å². The number of rotatable bonds is 2. The molecule has 0 saturated carbocycles. The summed E-state index contributed by atoms with van der Waals surface area (Å²) in [6, 6.07) is 10.1. The minimum atomic E-state index is -1.67. The van der Waals surface area contributed by atoms with Gasteiger partial charge < -0.3 is 0 Å². The molecule has 0 bridgehead atoms. The maximum atomic E-state index is 14.0. The highest BCUT2D eigenvalue weighted by Crippen LogP contribution is 2.19. The highest BCUT2D eigenvalue weighted by atomic mass is 19.1. The largest absolute Gasteiger partial charge is 0.286 e. The Labute approximate surface area is 98.9 Å². The monoisotopic (exact) mass is 232 g/mol. The van der Waals surface area contributed by atoms with E-state index in [4.69, 9.17) is 0 Å². The third kappa shape index (κ3) is 2.25. The lowest BCUT2D eigenvalue weighted by atomic mass is 10.1. The SMILES string of the molecule is Cc1cc(C)n(C(=O)[C@@H](F)c2ccccc2)n1. The molecule has 1 aromatic carbocycles. The number of nitrogens with zero attached hydrogens (tertiary/aromatic N) is 2. The number of halogens is 1. The Balaban J connectivity index is 2.30. The fourth-order valence-electron chi connectivity index (χ4n) is 1.72. The zero-order valence-corrected chi connectivity index (χ0v) is 9.72. The van der Waals surface area contributed by atoms with Crippen LogP contribution in [0.15, 0.2) is 36.4 Å². The molecule has 0 spiro atoms. The fraction of sp³-hybridized carbons (Fsp3) is 0.231. The van der Waals surface area contributed by atoms with E-state index in [0.29, 0.717) is 17.0 Å². The summed E-state index contributed by atoms with van der Waals surface area (Å²) in [4.78, 5) is 11.9. The smallest absolute Gasteiger partial charge is 0.269 e. The molecule has 2 rings (SSSR count). The molecule has 0 saturated heterocycles. The number of hydrogen-bond acceptors (Lipinski definition) is 2. The minimum Gasteiger partial charge on any atom is -0.269 e. The van der Waals surface area contributed by atoms with E-state index < -0.39 is 12.1 Å². The van der Waals surface area contributed by atoms with Gasteiger partial charge in [-0.25, -0.2) is 9.07 Å². The molecule has 0 aliphatic rings. The van der Waals surface area contributed by atoms with E-state index in [1.807, 2.05) is 0 Å². The van der Waals surface area contributed by atoms with Crippen LogP contribution in [0.3, 0.4) is 0 Å². The van der Waals surface area contributed by atoms with Crippen molar-refractivity contribution < 1.29 is 9.18 Å². The van der Waals surface area contributed by atoms with Crippen LogP contribution in [0.4, 0.5) is 4.39 Å². The van der Waals surface area contributed by atoms with Crippen molar-refractivity contribution in [2.45, 2.75) is 20.0 Å². The molecule has 0 fully saturated rings. The molecule has 17 heavy (non-hydrogen) atoms. The Hall–Kier alpha value is -1.97. The van der Waals surface area contributed by atoms with Crippen molar-refractivity contribution in [1.82, 2.24) is 9.78 Å². The summed E-state index contributed by atoms with van der Waals surface area (Å²) < 4.78 is 15.1. The quantitative estimate of drug-likeness (QED) is 0.798. The van der Waals surface area contributed by atoms with E-state index in [2.05, 4.69) is 5.10 Å². The van der Waals surface area contributed by atoms with Crippen molar-refractivity contribution in [2.24, 2.45) is 0 Å². The number of hydrogen-bond donors (Lipinski definition) is 0. The Morgan fingerprint density at radius 2 is 1.94 bits per heavy atom. The average Bonchev–Trinajstić information content (AvgIpc) is 2.68. The molecule has 0 radical (unpaired) electrons. The first-order valence-electron chi connectivity index (χ1n) is 5.36. The van der Waals surface area contributed by atoms with E-state index in [1.165, 1.54) is 0 Å². The van der Waals surface area contributed by atoms with Crippen LogP contribution in [0.5, 0.6) is 0 Å². The third-order valence-electron chi connectivity index (χ3n) is 2.53. The van der Waals surface area contributed by atoms with Crippen molar-refractivity contribution >= 4 is 5.91 Å². The van der Waals surface area contributed by atoms with Crippen molar-refractivity contribution in [3.05, 3.63) is 53.3 Å². The second-order valence-electron chi connectivity index (χ2n) is 3.95. The second-order valence-corrected chi connectivity index (χ2v) is 3.95. The predicted octanol–water partition coefficient (Wildman–Crippen LogP) is 2.85. The molecular weight excluding hydrogens is 219 g/mol. The summed E-state index contributed by atoms with van der Waals surface area (Å²) in [5.74, 6) is -0.651. The Morgan fingerprint density at radius 3 is 2.47 bits per heavy atom. The van der Waals surface area contributed by atoms with Gasteiger partial charge in [0.2, 0.25) is 6.17 Å². The van der Waals surface area contributed by atoms with Gasteiger partial charge in [-0.15, -0.1) is 0 Å². The van der Waals surface area contributed by atoms with Gasteiger partial charge in [-0.3, -0.25) is 4.79 Å². The van der Waals surface area contributed by atoms with Gasteiger partial charge in [-0.1, -0.05) is 30.3 Å². The molecular formula is C13H13FN2O. The molecule has 1 heterocycles. The summed E-state index contributed by atoms with van der Waals surface area (Å²) in [5, 5.41) is 3.98. The van der Waals surface area contributed by atoms with E-state index in [1.54, 1.807) is 50.2 Å². The maximum absolute atomic E-state index is 14.0. The highest BCUT2D eigenvalue weighted by Gasteiger charge is 2.23.